The Labute approximate surface area is 299 Å². The zero-order chi connectivity index (χ0) is 35.3. The maximum absolute atomic E-state index is 15.1. The van der Waals surface area contributed by atoms with E-state index < -0.39 is 35.2 Å². The van der Waals surface area contributed by atoms with Crippen molar-refractivity contribution in [2.75, 3.05) is 0 Å². The first-order valence-electron chi connectivity index (χ1n) is 17.2. The van der Waals surface area contributed by atoms with Crippen molar-refractivity contribution >= 4 is 17.6 Å². The third-order valence-corrected chi connectivity index (χ3v) is 9.41. The Morgan fingerprint density at radius 1 is 0.569 bits per heavy atom. The molecule has 1 aliphatic rings. The number of ether oxygens (including phenoxy) is 3. The summed E-state index contributed by atoms with van der Waals surface area (Å²) in [6.07, 6.45) is -0.278. The molecule has 0 bridgehead atoms. The second-order valence-electron chi connectivity index (χ2n) is 13.2. The first-order chi connectivity index (χ1) is 24.8. The fourth-order valence-corrected chi connectivity index (χ4v) is 7.08. The Morgan fingerprint density at radius 2 is 0.941 bits per heavy atom. The van der Waals surface area contributed by atoms with E-state index in [2.05, 4.69) is 0 Å². The van der Waals surface area contributed by atoms with Gasteiger partial charge in [0.25, 0.3) is 0 Å². The number of aliphatic hydroxyl groups is 1. The predicted molar refractivity (Wildman–Crippen MR) is 200 cm³/mol. The molecule has 0 saturated carbocycles. The normalized spacial score (nSPS) is 17.5. The van der Waals surface area contributed by atoms with Gasteiger partial charge in [-0.25, -0.2) is 4.79 Å². The molecule has 1 N–H and O–H groups in total. The zero-order valence-corrected chi connectivity index (χ0v) is 28.6. The fraction of sp³-hybridized carbons (Fsp3) is 0.152. The highest BCUT2D eigenvalue weighted by Crippen LogP contribution is 2.52. The van der Waals surface area contributed by atoms with Crippen LogP contribution >= 0.6 is 0 Å². The van der Waals surface area contributed by atoms with E-state index in [0.717, 1.165) is 5.56 Å². The molecule has 1 saturated heterocycles. The molecule has 0 aromatic heterocycles. The molecule has 0 unspecified atom stereocenters. The number of hydrogen-bond donors (Lipinski definition) is 1. The molecule has 1 fully saturated rings. The van der Waals surface area contributed by atoms with Crippen molar-refractivity contribution in [3.63, 3.8) is 0 Å². The van der Waals surface area contributed by atoms with E-state index in [-0.39, 0.29) is 0 Å². The first kappa shape index (κ1) is 33.9. The minimum atomic E-state index is -1.73. The van der Waals surface area contributed by atoms with Gasteiger partial charge in [-0.3, -0.25) is 0 Å². The molecule has 2 atom stereocenters. The Kier molecular flexibility index (Phi) is 9.52. The van der Waals surface area contributed by atoms with Gasteiger partial charge in [-0.2, -0.15) is 0 Å². The molecule has 0 aliphatic carbocycles. The van der Waals surface area contributed by atoms with Crippen LogP contribution in [0.25, 0.3) is 11.6 Å². The lowest BCUT2D eigenvalue weighted by atomic mass is 9.71. The van der Waals surface area contributed by atoms with Crippen molar-refractivity contribution in [2.24, 2.45) is 0 Å². The average molecular weight is 673 g/mol. The monoisotopic (exact) mass is 672 g/mol. The van der Waals surface area contributed by atoms with E-state index in [1.54, 1.807) is 0 Å². The van der Waals surface area contributed by atoms with Crippen LogP contribution < -0.4 is 0 Å². The van der Waals surface area contributed by atoms with Crippen LogP contribution in [-0.4, -0.2) is 29.1 Å². The van der Waals surface area contributed by atoms with Crippen molar-refractivity contribution in [1.29, 1.82) is 0 Å². The number of benzene rings is 6. The van der Waals surface area contributed by atoms with Crippen molar-refractivity contribution in [3.8, 4) is 0 Å². The van der Waals surface area contributed by atoms with Crippen LogP contribution in [-0.2, 0) is 30.2 Å². The molecule has 7 rings (SSSR count). The molecule has 5 heteroatoms. The van der Waals surface area contributed by atoms with Crippen LogP contribution in [0.2, 0.25) is 0 Å². The number of carbonyl (C=O) groups is 1. The third kappa shape index (κ3) is 6.67. The van der Waals surface area contributed by atoms with Crippen molar-refractivity contribution in [3.05, 3.63) is 215 Å². The van der Waals surface area contributed by atoms with Gasteiger partial charge < -0.3 is 19.3 Å². The second-order valence-corrected chi connectivity index (χ2v) is 13.2. The molecule has 0 radical (unpaired) electrons. The van der Waals surface area contributed by atoms with E-state index in [1.165, 1.54) is 0 Å². The number of rotatable bonds is 10. The summed E-state index contributed by atoms with van der Waals surface area (Å²) in [5.74, 6) is -1.75. The molecule has 5 nitrogen and oxygen atoms in total. The minimum Gasteiger partial charge on any atom is -0.443 e. The smallest absolute Gasteiger partial charge is 0.340 e. The quantitative estimate of drug-likeness (QED) is 0.0894. The first-order valence-corrected chi connectivity index (χ1v) is 17.2. The van der Waals surface area contributed by atoms with Crippen LogP contribution in [0, 0.1) is 0 Å². The highest BCUT2D eigenvalue weighted by Gasteiger charge is 2.63. The Bertz CT molecular complexity index is 1980. The largest absolute Gasteiger partial charge is 0.443 e. The van der Waals surface area contributed by atoms with E-state index in [4.69, 9.17) is 14.2 Å². The van der Waals surface area contributed by atoms with Crippen LogP contribution in [0.3, 0.4) is 0 Å². The Morgan fingerprint density at radius 3 is 1.39 bits per heavy atom. The molecule has 51 heavy (non-hydrogen) atoms. The molecule has 6 aromatic carbocycles. The van der Waals surface area contributed by atoms with Gasteiger partial charge in [-0.15, -0.1) is 0 Å². The third-order valence-electron chi connectivity index (χ3n) is 9.41. The molecule has 0 amide bonds. The standard InChI is InChI=1S/C46H40O5/c1-44(2)49-41(45(48,36-25-13-5-14-26-36)37-27-15-6-16-28-37)42(50-44)46(38-29-17-7-18-30-38,39-31-19-8-20-32-39)51-43(47)40(35-23-11-4-12-24-35)33-34-21-9-3-10-22-34/h3-33,41-42,48H,1-2H3/b40-33+/t41-,42-/m1/s1. The van der Waals surface area contributed by atoms with Crippen LogP contribution in [0.5, 0.6) is 0 Å². The van der Waals surface area contributed by atoms with Crippen molar-refractivity contribution < 1.29 is 24.1 Å². The highest BCUT2D eigenvalue weighted by atomic mass is 16.8. The van der Waals surface area contributed by atoms with Gasteiger partial charge in [0.15, 0.2) is 11.4 Å². The maximum atomic E-state index is 15.1. The van der Waals surface area contributed by atoms with Crippen LogP contribution in [0.4, 0.5) is 0 Å². The topological polar surface area (TPSA) is 65.0 Å². The van der Waals surface area contributed by atoms with E-state index >= 15 is 4.79 Å². The summed E-state index contributed by atoms with van der Waals surface area (Å²) >= 11 is 0. The van der Waals surface area contributed by atoms with Gasteiger partial charge in [-0.1, -0.05) is 182 Å². The summed E-state index contributed by atoms with van der Waals surface area (Å²) in [6.45, 7) is 3.65. The highest BCUT2D eigenvalue weighted by molar-refractivity contribution is 6.21. The van der Waals surface area contributed by atoms with Gasteiger partial charge in [0.1, 0.15) is 17.8 Å². The number of hydrogen-bond acceptors (Lipinski definition) is 5. The lowest BCUT2D eigenvalue weighted by Crippen LogP contribution is -2.56. The molecular weight excluding hydrogens is 633 g/mol. The van der Waals surface area contributed by atoms with Gasteiger partial charge in [0.2, 0.25) is 0 Å². The number of carbonyl (C=O) groups excluding carboxylic acids is 1. The van der Waals surface area contributed by atoms with E-state index in [1.807, 2.05) is 202 Å². The summed E-state index contributed by atoms with van der Waals surface area (Å²) in [4.78, 5) is 15.1. The average Bonchev–Trinajstić information content (AvgIpc) is 3.53. The maximum Gasteiger partial charge on any atom is 0.340 e. The lowest BCUT2D eigenvalue weighted by Gasteiger charge is -2.44. The fourth-order valence-electron chi connectivity index (χ4n) is 7.08. The van der Waals surface area contributed by atoms with Crippen molar-refractivity contribution in [2.45, 2.75) is 43.0 Å². The van der Waals surface area contributed by atoms with Gasteiger partial charge in [0, 0.05) is 11.1 Å². The van der Waals surface area contributed by atoms with Gasteiger partial charge in [0.05, 0.1) is 5.57 Å². The zero-order valence-electron chi connectivity index (χ0n) is 28.6. The SMILES string of the molecule is CC1(C)O[C@@H](C(O)(c2ccccc2)c2ccccc2)[C@H](C(OC(=O)/C(=C/c2ccccc2)c2ccccc2)(c2ccccc2)c2ccccc2)O1. The Balaban J connectivity index is 1.49. The van der Waals surface area contributed by atoms with Gasteiger partial charge >= 0.3 is 5.97 Å². The van der Waals surface area contributed by atoms with Crippen LogP contribution in [0.15, 0.2) is 182 Å². The van der Waals surface area contributed by atoms with Crippen molar-refractivity contribution in [1.82, 2.24) is 0 Å². The predicted octanol–water partition coefficient (Wildman–Crippen LogP) is 9.17. The molecule has 6 aromatic rings. The number of esters is 1. The molecule has 1 aliphatic heterocycles. The summed E-state index contributed by atoms with van der Waals surface area (Å²) in [7, 11) is 0. The van der Waals surface area contributed by atoms with Gasteiger partial charge in [-0.05, 0) is 42.2 Å². The summed E-state index contributed by atoms with van der Waals surface area (Å²) in [6, 6.07) is 57.3. The Hall–Kier alpha value is -5.59. The lowest BCUT2D eigenvalue weighted by molar-refractivity contribution is -0.183. The van der Waals surface area contributed by atoms with Crippen LogP contribution in [0.1, 0.15) is 47.2 Å². The summed E-state index contributed by atoms with van der Waals surface area (Å²) in [5.41, 5.74) is 1.13. The minimum absolute atomic E-state index is 0.370. The summed E-state index contributed by atoms with van der Waals surface area (Å²) < 4.78 is 20.8. The molecule has 254 valence electrons. The molecule has 0 spiro atoms. The molecule has 1 heterocycles. The second kappa shape index (κ2) is 14.3. The summed E-state index contributed by atoms with van der Waals surface area (Å²) in [5, 5.41) is 13.3. The molecular formula is C46H40O5. The van der Waals surface area contributed by atoms with E-state index in [9.17, 15) is 5.11 Å². The van der Waals surface area contributed by atoms with E-state index in [0.29, 0.717) is 33.4 Å².